The van der Waals surface area contributed by atoms with E-state index >= 15 is 0 Å². The van der Waals surface area contributed by atoms with Crippen LogP contribution in [0.15, 0.2) is 24.3 Å². The number of carboxylic acids is 1. The second kappa shape index (κ2) is 4.68. The summed E-state index contributed by atoms with van der Waals surface area (Å²) < 4.78 is 0. The second-order valence-electron chi connectivity index (χ2n) is 4.34. The van der Waals surface area contributed by atoms with Gasteiger partial charge >= 0.3 is 5.97 Å². The summed E-state index contributed by atoms with van der Waals surface area (Å²) in [7, 11) is 0. The van der Waals surface area contributed by atoms with Gasteiger partial charge in [0.2, 0.25) is 5.91 Å². The number of para-hydroxylation sites is 2. The highest BCUT2D eigenvalue weighted by molar-refractivity contribution is 6.08. The number of benzene rings is 1. The Labute approximate surface area is 105 Å². The fourth-order valence-corrected chi connectivity index (χ4v) is 2.13. The van der Waals surface area contributed by atoms with Crippen molar-refractivity contribution in [1.82, 2.24) is 0 Å². The van der Waals surface area contributed by atoms with Crippen LogP contribution in [0.5, 0.6) is 0 Å². The molecule has 0 radical (unpaired) electrons. The molecule has 2 N–H and O–H groups in total. The van der Waals surface area contributed by atoms with Crippen LogP contribution in [0.2, 0.25) is 0 Å². The van der Waals surface area contributed by atoms with Gasteiger partial charge in [-0.1, -0.05) is 19.1 Å². The number of rotatable bonds is 3. The topological polar surface area (TPSA) is 69.6 Å². The Bertz CT molecular complexity index is 487. The largest absolute Gasteiger partial charge is 0.480 e. The third-order valence-electron chi connectivity index (χ3n) is 3.18. The van der Waals surface area contributed by atoms with Crippen LogP contribution in [0.25, 0.3) is 0 Å². The summed E-state index contributed by atoms with van der Waals surface area (Å²) >= 11 is 0. The Morgan fingerprint density at radius 2 is 2.17 bits per heavy atom. The van der Waals surface area contributed by atoms with Crippen LogP contribution in [0, 0.1) is 0 Å². The van der Waals surface area contributed by atoms with E-state index in [1.807, 2.05) is 19.1 Å². The Hall–Kier alpha value is -2.04. The Balaban J connectivity index is 2.48. The van der Waals surface area contributed by atoms with Crippen molar-refractivity contribution in [3.05, 3.63) is 24.3 Å². The number of hydrogen-bond donors (Lipinski definition) is 2. The lowest BCUT2D eigenvalue weighted by Gasteiger charge is -2.37. The SMILES string of the molecule is CCC1Nc2ccccc2N(C(C)C(=O)O)C1=O. The van der Waals surface area contributed by atoms with Crippen molar-refractivity contribution >= 4 is 23.3 Å². The Kier molecular flexibility index (Phi) is 3.23. The molecule has 2 atom stereocenters. The van der Waals surface area contributed by atoms with E-state index < -0.39 is 12.0 Å². The van der Waals surface area contributed by atoms with Gasteiger partial charge < -0.3 is 10.4 Å². The molecule has 0 spiro atoms. The van der Waals surface area contributed by atoms with E-state index in [0.29, 0.717) is 12.1 Å². The van der Waals surface area contributed by atoms with Crippen LogP contribution in [0.1, 0.15) is 20.3 Å². The third-order valence-corrected chi connectivity index (χ3v) is 3.18. The fourth-order valence-electron chi connectivity index (χ4n) is 2.13. The van der Waals surface area contributed by atoms with E-state index in [9.17, 15) is 9.59 Å². The summed E-state index contributed by atoms with van der Waals surface area (Å²) in [4.78, 5) is 24.8. The molecule has 18 heavy (non-hydrogen) atoms. The van der Waals surface area contributed by atoms with Gasteiger partial charge in [-0.2, -0.15) is 0 Å². The fraction of sp³-hybridized carbons (Fsp3) is 0.385. The third kappa shape index (κ3) is 1.92. The summed E-state index contributed by atoms with van der Waals surface area (Å²) in [6.07, 6.45) is 0.621. The van der Waals surface area contributed by atoms with Gasteiger partial charge in [0.25, 0.3) is 0 Å². The van der Waals surface area contributed by atoms with E-state index in [1.54, 1.807) is 12.1 Å². The van der Waals surface area contributed by atoms with Gasteiger partial charge in [-0.05, 0) is 25.5 Å². The van der Waals surface area contributed by atoms with Crippen LogP contribution in [0.4, 0.5) is 11.4 Å². The molecule has 96 valence electrons. The molecule has 0 saturated carbocycles. The number of carboxylic acid groups (broad SMARTS) is 1. The van der Waals surface area contributed by atoms with Crippen molar-refractivity contribution in [3.8, 4) is 0 Å². The molecule has 1 amide bonds. The Morgan fingerprint density at radius 3 is 2.78 bits per heavy atom. The van der Waals surface area contributed by atoms with Gasteiger partial charge in [0, 0.05) is 0 Å². The number of carbonyl (C=O) groups excluding carboxylic acids is 1. The second-order valence-corrected chi connectivity index (χ2v) is 4.34. The zero-order valence-corrected chi connectivity index (χ0v) is 10.4. The first-order valence-electron chi connectivity index (χ1n) is 5.97. The predicted molar refractivity (Wildman–Crippen MR) is 68.7 cm³/mol. The molecule has 5 heteroatoms. The van der Waals surface area contributed by atoms with Crippen molar-refractivity contribution in [1.29, 1.82) is 0 Å². The summed E-state index contributed by atoms with van der Waals surface area (Å²) in [5, 5.41) is 12.3. The van der Waals surface area contributed by atoms with Crippen LogP contribution in [-0.4, -0.2) is 29.1 Å². The molecule has 0 bridgehead atoms. The number of fused-ring (bicyclic) bond motifs is 1. The van der Waals surface area contributed by atoms with Crippen molar-refractivity contribution in [3.63, 3.8) is 0 Å². The van der Waals surface area contributed by atoms with Gasteiger partial charge in [0.05, 0.1) is 11.4 Å². The van der Waals surface area contributed by atoms with Gasteiger partial charge in [-0.15, -0.1) is 0 Å². The summed E-state index contributed by atoms with van der Waals surface area (Å²) in [5.74, 6) is -1.19. The van der Waals surface area contributed by atoms with E-state index in [2.05, 4.69) is 5.32 Å². The van der Waals surface area contributed by atoms with Crippen LogP contribution >= 0.6 is 0 Å². The van der Waals surface area contributed by atoms with E-state index in [1.165, 1.54) is 11.8 Å². The number of anilines is 2. The monoisotopic (exact) mass is 248 g/mol. The first kappa shape index (κ1) is 12.4. The van der Waals surface area contributed by atoms with E-state index in [-0.39, 0.29) is 11.9 Å². The predicted octanol–water partition coefficient (Wildman–Crippen LogP) is 1.70. The Morgan fingerprint density at radius 1 is 1.50 bits per heavy atom. The molecule has 0 fully saturated rings. The van der Waals surface area contributed by atoms with Gasteiger partial charge in [0.15, 0.2) is 0 Å². The van der Waals surface area contributed by atoms with E-state index in [4.69, 9.17) is 5.11 Å². The normalized spacial score (nSPS) is 20.0. The molecule has 1 heterocycles. The van der Waals surface area contributed by atoms with Crippen molar-refractivity contribution < 1.29 is 14.7 Å². The molecule has 1 aliphatic rings. The van der Waals surface area contributed by atoms with Crippen LogP contribution in [-0.2, 0) is 9.59 Å². The molecule has 2 unspecified atom stereocenters. The highest BCUT2D eigenvalue weighted by atomic mass is 16.4. The highest BCUT2D eigenvalue weighted by Gasteiger charge is 2.36. The maximum Gasteiger partial charge on any atom is 0.326 e. The standard InChI is InChI=1S/C13H16N2O3/c1-3-9-12(16)15(8(2)13(17)18)11-7-5-4-6-10(11)14-9/h4-9,14H,3H2,1-2H3,(H,17,18). The molecule has 0 aromatic heterocycles. The number of nitrogens with one attached hydrogen (secondary N) is 1. The zero-order valence-electron chi connectivity index (χ0n) is 10.4. The smallest absolute Gasteiger partial charge is 0.326 e. The van der Waals surface area contributed by atoms with Crippen LogP contribution < -0.4 is 10.2 Å². The number of carbonyl (C=O) groups is 2. The molecule has 5 nitrogen and oxygen atoms in total. The van der Waals surface area contributed by atoms with Crippen molar-refractivity contribution in [2.45, 2.75) is 32.4 Å². The number of hydrogen-bond acceptors (Lipinski definition) is 3. The van der Waals surface area contributed by atoms with Crippen molar-refractivity contribution in [2.75, 3.05) is 10.2 Å². The molecule has 2 rings (SSSR count). The number of amides is 1. The molecule has 0 saturated heterocycles. The quantitative estimate of drug-likeness (QED) is 0.854. The maximum atomic E-state index is 12.3. The maximum absolute atomic E-state index is 12.3. The first-order valence-corrected chi connectivity index (χ1v) is 5.97. The molecule has 1 aliphatic heterocycles. The molecule has 1 aromatic rings. The molecular weight excluding hydrogens is 232 g/mol. The van der Waals surface area contributed by atoms with E-state index in [0.717, 1.165) is 5.69 Å². The average Bonchev–Trinajstić information content (AvgIpc) is 2.37. The first-order chi connectivity index (χ1) is 8.56. The minimum absolute atomic E-state index is 0.189. The van der Waals surface area contributed by atoms with Gasteiger partial charge in [0.1, 0.15) is 12.1 Å². The summed E-state index contributed by atoms with van der Waals surface area (Å²) in [6.45, 7) is 3.42. The lowest BCUT2D eigenvalue weighted by atomic mass is 10.0. The molecular formula is C13H16N2O3. The number of aliphatic carboxylic acids is 1. The van der Waals surface area contributed by atoms with Gasteiger partial charge in [-0.3, -0.25) is 9.69 Å². The summed E-state index contributed by atoms with van der Waals surface area (Å²) in [6, 6.07) is 6.04. The summed E-state index contributed by atoms with van der Waals surface area (Å²) in [5.41, 5.74) is 1.43. The number of nitrogens with zero attached hydrogens (tertiary/aromatic N) is 1. The molecule has 1 aromatic carbocycles. The van der Waals surface area contributed by atoms with Gasteiger partial charge in [-0.25, -0.2) is 4.79 Å². The minimum atomic E-state index is -1.00. The average molecular weight is 248 g/mol. The lowest BCUT2D eigenvalue weighted by Crippen LogP contribution is -2.53. The highest BCUT2D eigenvalue weighted by Crippen LogP contribution is 2.33. The van der Waals surface area contributed by atoms with Crippen LogP contribution in [0.3, 0.4) is 0 Å². The van der Waals surface area contributed by atoms with Crippen molar-refractivity contribution in [2.24, 2.45) is 0 Å². The molecule has 0 aliphatic carbocycles. The minimum Gasteiger partial charge on any atom is -0.480 e. The lowest BCUT2D eigenvalue weighted by molar-refractivity contribution is -0.139. The zero-order chi connectivity index (χ0) is 13.3.